The zero-order valence-corrected chi connectivity index (χ0v) is 10.9. The molecule has 1 N–H and O–H groups in total. The zero-order valence-electron chi connectivity index (χ0n) is 10.1. The smallest absolute Gasteiger partial charge is 0.265 e. The summed E-state index contributed by atoms with van der Waals surface area (Å²) in [7, 11) is 0. The van der Waals surface area contributed by atoms with Gasteiger partial charge in [0.1, 0.15) is 16.9 Å². The van der Waals surface area contributed by atoms with Crippen LogP contribution in [0.1, 0.15) is 12.7 Å². The molecule has 0 aliphatic heterocycles. The Balaban J connectivity index is 2.29. The Kier molecular flexibility index (Phi) is 2.83. The summed E-state index contributed by atoms with van der Waals surface area (Å²) in [5.74, 6) is 0.575. The Bertz CT molecular complexity index is 807. The van der Waals surface area contributed by atoms with Crippen LogP contribution in [0.4, 0.5) is 0 Å². The monoisotopic (exact) mass is 275 g/mol. The molecule has 0 bridgehead atoms. The number of hydrogen-bond donors (Lipinski definition) is 1. The molecule has 2 heterocycles. The molecule has 5 nitrogen and oxygen atoms in total. The summed E-state index contributed by atoms with van der Waals surface area (Å²) < 4.78 is 5.14. The van der Waals surface area contributed by atoms with E-state index in [0.29, 0.717) is 28.3 Å². The van der Waals surface area contributed by atoms with E-state index in [1.54, 1.807) is 18.2 Å². The molecule has 2 aromatic heterocycles. The zero-order chi connectivity index (χ0) is 13.4. The van der Waals surface area contributed by atoms with Crippen molar-refractivity contribution < 1.29 is 4.52 Å². The molecule has 0 radical (unpaired) electrons. The van der Waals surface area contributed by atoms with Crippen LogP contribution in [0.25, 0.3) is 22.4 Å². The van der Waals surface area contributed by atoms with Crippen LogP contribution in [-0.4, -0.2) is 15.1 Å². The van der Waals surface area contributed by atoms with Crippen LogP contribution in [0.15, 0.2) is 33.6 Å². The highest BCUT2D eigenvalue weighted by atomic mass is 35.5. The van der Waals surface area contributed by atoms with E-state index in [0.717, 1.165) is 5.56 Å². The van der Waals surface area contributed by atoms with Crippen LogP contribution in [-0.2, 0) is 6.42 Å². The highest BCUT2D eigenvalue weighted by Crippen LogP contribution is 2.26. The lowest BCUT2D eigenvalue weighted by Crippen LogP contribution is -2.10. The van der Waals surface area contributed by atoms with Gasteiger partial charge in [0.2, 0.25) is 0 Å². The first-order chi connectivity index (χ1) is 9.19. The van der Waals surface area contributed by atoms with Crippen LogP contribution in [0.3, 0.4) is 0 Å². The standard InChI is InChI=1S/C13H10ClN3O2/c1-2-9-15-12(18)10-11(17-19-13(10)16-9)7-4-3-5-8(14)6-7/h3-6H,2H2,1H3,(H,15,16,18). The normalized spacial score (nSPS) is 11.1. The van der Waals surface area contributed by atoms with Crippen LogP contribution in [0.5, 0.6) is 0 Å². The summed E-state index contributed by atoms with van der Waals surface area (Å²) in [6.45, 7) is 1.90. The van der Waals surface area contributed by atoms with E-state index in [9.17, 15) is 4.79 Å². The van der Waals surface area contributed by atoms with E-state index < -0.39 is 0 Å². The van der Waals surface area contributed by atoms with Gasteiger partial charge < -0.3 is 9.51 Å². The van der Waals surface area contributed by atoms with Gasteiger partial charge in [0.25, 0.3) is 11.3 Å². The molecule has 0 aliphatic carbocycles. The summed E-state index contributed by atoms with van der Waals surface area (Å²) in [5, 5.41) is 4.85. The molecule has 0 aliphatic rings. The molecule has 0 atom stereocenters. The second kappa shape index (κ2) is 4.51. The highest BCUT2D eigenvalue weighted by molar-refractivity contribution is 6.30. The van der Waals surface area contributed by atoms with Crippen LogP contribution >= 0.6 is 11.6 Å². The van der Waals surface area contributed by atoms with Gasteiger partial charge in [-0.2, -0.15) is 4.98 Å². The first-order valence-electron chi connectivity index (χ1n) is 5.83. The van der Waals surface area contributed by atoms with E-state index in [4.69, 9.17) is 16.1 Å². The molecule has 6 heteroatoms. The number of aromatic amines is 1. The average Bonchev–Trinajstić information content (AvgIpc) is 2.83. The summed E-state index contributed by atoms with van der Waals surface area (Å²) in [4.78, 5) is 19.0. The Morgan fingerprint density at radius 3 is 3.00 bits per heavy atom. The number of rotatable bonds is 2. The molecule has 19 heavy (non-hydrogen) atoms. The SMILES string of the molecule is CCc1nc2onc(-c3cccc(Cl)c3)c2c(=O)[nH]1. The van der Waals surface area contributed by atoms with E-state index in [1.807, 2.05) is 13.0 Å². The molecule has 0 saturated carbocycles. The number of aromatic nitrogens is 3. The largest absolute Gasteiger partial charge is 0.335 e. The lowest BCUT2D eigenvalue weighted by atomic mass is 10.1. The number of fused-ring (bicyclic) bond motifs is 1. The Morgan fingerprint density at radius 2 is 2.26 bits per heavy atom. The first kappa shape index (κ1) is 11.9. The molecular formula is C13H10ClN3O2. The highest BCUT2D eigenvalue weighted by Gasteiger charge is 2.16. The fourth-order valence-corrected chi connectivity index (χ4v) is 2.10. The third kappa shape index (κ3) is 2.02. The minimum Gasteiger partial charge on any atom is -0.335 e. The fraction of sp³-hybridized carbons (Fsp3) is 0.154. The van der Waals surface area contributed by atoms with Crippen molar-refractivity contribution in [2.45, 2.75) is 13.3 Å². The van der Waals surface area contributed by atoms with E-state index in [2.05, 4.69) is 15.1 Å². The van der Waals surface area contributed by atoms with Crippen LogP contribution in [0, 0.1) is 0 Å². The first-order valence-corrected chi connectivity index (χ1v) is 6.21. The summed E-state index contributed by atoms with van der Waals surface area (Å²) >= 11 is 5.94. The third-order valence-corrected chi connectivity index (χ3v) is 3.06. The minimum atomic E-state index is -0.252. The van der Waals surface area contributed by atoms with Crippen molar-refractivity contribution >= 4 is 22.7 Å². The van der Waals surface area contributed by atoms with Crippen molar-refractivity contribution in [3.8, 4) is 11.3 Å². The van der Waals surface area contributed by atoms with Gasteiger partial charge >= 0.3 is 0 Å². The lowest BCUT2D eigenvalue weighted by Gasteiger charge is -1.97. The maximum Gasteiger partial charge on any atom is 0.265 e. The quantitative estimate of drug-likeness (QED) is 0.780. The maximum atomic E-state index is 12.1. The van der Waals surface area contributed by atoms with Crippen LogP contribution < -0.4 is 5.56 Å². The van der Waals surface area contributed by atoms with Crippen molar-refractivity contribution in [1.82, 2.24) is 15.1 Å². The molecule has 3 rings (SSSR count). The van der Waals surface area contributed by atoms with Gasteiger partial charge in [0.15, 0.2) is 0 Å². The third-order valence-electron chi connectivity index (χ3n) is 2.83. The number of hydrogen-bond acceptors (Lipinski definition) is 4. The van der Waals surface area contributed by atoms with Gasteiger partial charge in [-0.1, -0.05) is 35.8 Å². The molecular weight excluding hydrogens is 266 g/mol. The second-order valence-electron chi connectivity index (χ2n) is 4.09. The van der Waals surface area contributed by atoms with Crippen molar-refractivity contribution in [2.75, 3.05) is 0 Å². The molecule has 96 valence electrons. The second-order valence-corrected chi connectivity index (χ2v) is 4.52. The topological polar surface area (TPSA) is 71.8 Å². The molecule has 1 aromatic carbocycles. The summed E-state index contributed by atoms with van der Waals surface area (Å²) in [6, 6.07) is 7.09. The van der Waals surface area contributed by atoms with E-state index in [-0.39, 0.29) is 11.3 Å². The predicted octanol–water partition coefficient (Wildman–Crippen LogP) is 2.79. The van der Waals surface area contributed by atoms with Crippen molar-refractivity contribution in [3.05, 3.63) is 45.5 Å². The number of aryl methyl sites for hydroxylation is 1. The molecule has 0 fully saturated rings. The minimum absolute atomic E-state index is 0.246. The van der Waals surface area contributed by atoms with Crippen molar-refractivity contribution in [3.63, 3.8) is 0 Å². The van der Waals surface area contributed by atoms with Gasteiger partial charge in [-0.15, -0.1) is 0 Å². The number of H-pyrrole nitrogens is 1. The van der Waals surface area contributed by atoms with Crippen molar-refractivity contribution in [1.29, 1.82) is 0 Å². The van der Waals surface area contributed by atoms with E-state index >= 15 is 0 Å². The number of nitrogens with one attached hydrogen (secondary N) is 1. The molecule has 0 amide bonds. The van der Waals surface area contributed by atoms with Gasteiger partial charge in [0.05, 0.1) is 0 Å². The predicted molar refractivity (Wildman–Crippen MR) is 72.2 cm³/mol. The Labute approximate surface area is 113 Å². The lowest BCUT2D eigenvalue weighted by molar-refractivity contribution is 0.450. The number of nitrogens with zero attached hydrogens (tertiary/aromatic N) is 2. The van der Waals surface area contributed by atoms with Crippen molar-refractivity contribution in [2.24, 2.45) is 0 Å². The van der Waals surface area contributed by atoms with Gasteiger partial charge in [-0.05, 0) is 12.1 Å². The average molecular weight is 276 g/mol. The van der Waals surface area contributed by atoms with Gasteiger partial charge in [-0.25, -0.2) is 0 Å². The van der Waals surface area contributed by atoms with Gasteiger partial charge in [0, 0.05) is 17.0 Å². The summed E-state index contributed by atoms with van der Waals surface area (Å²) in [6.07, 6.45) is 0.623. The maximum absolute atomic E-state index is 12.1. The van der Waals surface area contributed by atoms with E-state index in [1.165, 1.54) is 0 Å². The fourth-order valence-electron chi connectivity index (χ4n) is 1.91. The molecule has 0 spiro atoms. The molecule has 0 unspecified atom stereocenters. The molecule has 3 aromatic rings. The Morgan fingerprint density at radius 1 is 1.42 bits per heavy atom. The summed E-state index contributed by atoms with van der Waals surface area (Å²) in [5.41, 5.74) is 1.17. The van der Waals surface area contributed by atoms with Crippen LogP contribution in [0.2, 0.25) is 5.02 Å². The Hall–Kier alpha value is -2.14. The number of benzene rings is 1. The van der Waals surface area contributed by atoms with Gasteiger partial charge in [-0.3, -0.25) is 4.79 Å². The number of halogens is 1. The molecule has 0 saturated heterocycles.